The van der Waals surface area contributed by atoms with E-state index in [1.54, 1.807) is 42.5 Å². The van der Waals surface area contributed by atoms with Crippen molar-refractivity contribution in [2.75, 3.05) is 11.9 Å². The summed E-state index contributed by atoms with van der Waals surface area (Å²) in [6, 6.07) is 11.7. The number of hydrogen-bond donors (Lipinski definition) is 2. The predicted octanol–water partition coefficient (Wildman–Crippen LogP) is 3.65. The van der Waals surface area contributed by atoms with Crippen molar-refractivity contribution >= 4 is 46.9 Å². The molecular formula is C18H15Cl2N3O3. The number of amides is 2. The second kappa shape index (κ2) is 9.60. The van der Waals surface area contributed by atoms with Gasteiger partial charge in [0, 0.05) is 0 Å². The van der Waals surface area contributed by atoms with Gasteiger partial charge in [-0.15, -0.1) is 0 Å². The molecule has 2 amide bonds. The van der Waals surface area contributed by atoms with E-state index in [4.69, 9.17) is 27.9 Å². The highest BCUT2D eigenvalue weighted by molar-refractivity contribution is 6.45. The molecule has 0 aliphatic heterocycles. The van der Waals surface area contributed by atoms with Gasteiger partial charge < -0.3 is 10.1 Å². The van der Waals surface area contributed by atoms with Crippen LogP contribution in [0.2, 0.25) is 10.0 Å². The molecule has 2 aromatic carbocycles. The fourth-order valence-corrected chi connectivity index (χ4v) is 2.15. The Kier molecular flexibility index (Phi) is 7.20. The van der Waals surface area contributed by atoms with Crippen LogP contribution in [-0.4, -0.2) is 24.6 Å². The number of rotatable bonds is 6. The Hall–Kier alpha value is -2.83. The summed E-state index contributed by atoms with van der Waals surface area (Å²) in [6.07, 6.45) is 3.04. The minimum absolute atomic E-state index is 0.151. The van der Waals surface area contributed by atoms with Crippen LogP contribution in [0.5, 0.6) is 5.75 Å². The van der Waals surface area contributed by atoms with Gasteiger partial charge in [0.1, 0.15) is 12.4 Å². The van der Waals surface area contributed by atoms with Gasteiger partial charge in [-0.2, -0.15) is 5.10 Å². The third kappa shape index (κ3) is 5.61. The Morgan fingerprint density at radius 3 is 2.54 bits per heavy atom. The van der Waals surface area contributed by atoms with Gasteiger partial charge in [-0.1, -0.05) is 41.9 Å². The van der Waals surface area contributed by atoms with Gasteiger partial charge in [-0.25, -0.2) is 5.43 Å². The molecule has 8 heteroatoms. The van der Waals surface area contributed by atoms with E-state index in [1.165, 1.54) is 12.3 Å². The molecule has 0 saturated heterocycles. The fraction of sp³-hybridized carbons (Fsp3) is 0.0556. The number of nitrogens with one attached hydrogen (secondary N) is 2. The summed E-state index contributed by atoms with van der Waals surface area (Å²) in [4.78, 5) is 23.6. The van der Waals surface area contributed by atoms with Crippen molar-refractivity contribution in [1.29, 1.82) is 0 Å². The molecule has 0 aliphatic carbocycles. The first-order chi connectivity index (χ1) is 12.5. The minimum Gasteiger partial charge on any atom is -0.490 e. The molecule has 0 heterocycles. The van der Waals surface area contributed by atoms with Crippen molar-refractivity contribution in [3.63, 3.8) is 0 Å². The molecule has 2 aromatic rings. The Morgan fingerprint density at radius 2 is 1.85 bits per heavy atom. The maximum absolute atomic E-state index is 11.8. The lowest BCUT2D eigenvalue weighted by Crippen LogP contribution is -2.32. The van der Waals surface area contributed by atoms with E-state index >= 15 is 0 Å². The first-order valence-corrected chi connectivity index (χ1v) is 8.19. The molecule has 0 atom stereocenters. The third-order valence-electron chi connectivity index (χ3n) is 3.03. The molecule has 0 aliphatic rings. The van der Waals surface area contributed by atoms with E-state index in [-0.39, 0.29) is 15.7 Å². The Balaban J connectivity index is 1.89. The van der Waals surface area contributed by atoms with Gasteiger partial charge in [0.2, 0.25) is 0 Å². The SMILES string of the molecule is C=CCOc1ccc(/C=N/NC(=O)C(=O)Nc2cccc(Cl)c2Cl)cc1. The monoisotopic (exact) mass is 391 g/mol. The lowest BCUT2D eigenvalue weighted by molar-refractivity contribution is -0.136. The molecular weight excluding hydrogens is 377 g/mol. The smallest absolute Gasteiger partial charge is 0.329 e. The summed E-state index contributed by atoms with van der Waals surface area (Å²) >= 11 is 11.8. The molecule has 6 nitrogen and oxygen atoms in total. The van der Waals surface area contributed by atoms with E-state index in [2.05, 4.69) is 22.4 Å². The summed E-state index contributed by atoms with van der Waals surface area (Å²) in [5.74, 6) is -1.17. The summed E-state index contributed by atoms with van der Waals surface area (Å²) in [5, 5.41) is 6.51. The quantitative estimate of drug-likeness (QED) is 0.341. The summed E-state index contributed by atoms with van der Waals surface area (Å²) in [5.41, 5.74) is 3.08. The number of nitrogens with zero attached hydrogens (tertiary/aromatic N) is 1. The molecule has 0 spiro atoms. The van der Waals surface area contributed by atoms with Crippen LogP contribution in [0.3, 0.4) is 0 Å². The van der Waals surface area contributed by atoms with Crippen LogP contribution < -0.4 is 15.5 Å². The molecule has 0 radical (unpaired) electrons. The summed E-state index contributed by atoms with van der Waals surface area (Å²) < 4.78 is 5.35. The second-order valence-corrected chi connectivity index (χ2v) is 5.71. The normalized spacial score (nSPS) is 10.4. The van der Waals surface area contributed by atoms with E-state index in [1.807, 2.05) is 0 Å². The molecule has 26 heavy (non-hydrogen) atoms. The third-order valence-corrected chi connectivity index (χ3v) is 3.85. The van der Waals surface area contributed by atoms with Crippen molar-refractivity contribution < 1.29 is 14.3 Å². The molecule has 2 rings (SSSR count). The molecule has 134 valence electrons. The zero-order chi connectivity index (χ0) is 18.9. The average Bonchev–Trinajstić information content (AvgIpc) is 2.64. The van der Waals surface area contributed by atoms with Gasteiger partial charge in [-0.05, 0) is 42.0 Å². The molecule has 0 saturated carbocycles. The maximum atomic E-state index is 11.8. The number of halogens is 2. The van der Waals surface area contributed by atoms with Gasteiger partial charge in [0.15, 0.2) is 0 Å². The average molecular weight is 392 g/mol. The zero-order valence-corrected chi connectivity index (χ0v) is 15.1. The van der Waals surface area contributed by atoms with Crippen LogP contribution in [-0.2, 0) is 9.59 Å². The van der Waals surface area contributed by atoms with E-state index in [0.717, 1.165) is 5.56 Å². The van der Waals surface area contributed by atoms with Gasteiger partial charge in [0.05, 0.1) is 21.9 Å². The van der Waals surface area contributed by atoms with Crippen LogP contribution in [0.15, 0.2) is 60.2 Å². The van der Waals surface area contributed by atoms with E-state index < -0.39 is 11.8 Å². The van der Waals surface area contributed by atoms with Crippen molar-refractivity contribution in [2.45, 2.75) is 0 Å². The number of ether oxygens (including phenoxy) is 1. The van der Waals surface area contributed by atoms with Crippen molar-refractivity contribution in [1.82, 2.24) is 5.43 Å². The van der Waals surface area contributed by atoms with E-state index in [0.29, 0.717) is 12.4 Å². The van der Waals surface area contributed by atoms with Gasteiger partial charge in [-0.3, -0.25) is 9.59 Å². The zero-order valence-electron chi connectivity index (χ0n) is 13.5. The lowest BCUT2D eigenvalue weighted by Gasteiger charge is -2.07. The van der Waals surface area contributed by atoms with Crippen LogP contribution in [0.25, 0.3) is 0 Å². The maximum Gasteiger partial charge on any atom is 0.329 e. The molecule has 2 N–H and O–H groups in total. The highest BCUT2D eigenvalue weighted by atomic mass is 35.5. The van der Waals surface area contributed by atoms with Crippen LogP contribution in [0.1, 0.15) is 5.56 Å². The highest BCUT2D eigenvalue weighted by Gasteiger charge is 2.15. The molecule has 0 bridgehead atoms. The van der Waals surface area contributed by atoms with Crippen molar-refractivity contribution in [3.05, 3.63) is 70.7 Å². The summed E-state index contributed by atoms with van der Waals surface area (Å²) in [6.45, 7) is 3.98. The molecule has 0 aromatic heterocycles. The molecule has 0 fully saturated rings. The number of carbonyl (C=O) groups excluding carboxylic acids is 2. The Morgan fingerprint density at radius 1 is 1.12 bits per heavy atom. The predicted molar refractivity (Wildman–Crippen MR) is 103 cm³/mol. The van der Waals surface area contributed by atoms with E-state index in [9.17, 15) is 9.59 Å². The summed E-state index contributed by atoms with van der Waals surface area (Å²) in [7, 11) is 0. The first kappa shape index (κ1) is 19.5. The van der Waals surface area contributed by atoms with Gasteiger partial charge >= 0.3 is 11.8 Å². The lowest BCUT2D eigenvalue weighted by atomic mass is 10.2. The minimum atomic E-state index is -0.941. The number of benzene rings is 2. The second-order valence-electron chi connectivity index (χ2n) is 4.92. The van der Waals surface area contributed by atoms with Crippen LogP contribution in [0, 0.1) is 0 Å². The van der Waals surface area contributed by atoms with Crippen LogP contribution >= 0.6 is 23.2 Å². The highest BCUT2D eigenvalue weighted by Crippen LogP contribution is 2.29. The Labute approximate surface area is 160 Å². The number of anilines is 1. The van der Waals surface area contributed by atoms with Crippen LogP contribution in [0.4, 0.5) is 5.69 Å². The standard InChI is InChI=1S/C18H15Cl2N3O3/c1-2-10-26-13-8-6-12(7-9-13)11-21-23-18(25)17(24)22-15-5-3-4-14(19)16(15)20/h2-9,11H,1,10H2,(H,22,24)(H,23,25)/b21-11+. The Bertz CT molecular complexity index is 836. The molecule has 0 unspecified atom stereocenters. The van der Waals surface area contributed by atoms with Gasteiger partial charge in [0.25, 0.3) is 0 Å². The first-order valence-electron chi connectivity index (χ1n) is 7.43. The number of hydrazone groups is 1. The fourth-order valence-electron chi connectivity index (χ4n) is 1.80. The van der Waals surface area contributed by atoms with Crippen molar-refractivity contribution in [3.8, 4) is 5.75 Å². The number of carbonyl (C=O) groups is 2. The largest absolute Gasteiger partial charge is 0.490 e. The van der Waals surface area contributed by atoms with Crippen molar-refractivity contribution in [2.24, 2.45) is 5.10 Å². The number of hydrogen-bond acceptors (Lipinski definition) is 4. The topological polar surface area (TPSA) is 79.8 Å².